The zero-order valence-electron chi connectivity index (χ0n) is 16.4. The van der Waals surface area contributed by atoms with Gasteiger partial charge in [0, 0.05) is 18.8 Å². The summed E-state index contributed by atoms with van der Waals surface area (Å²) in [7, 11) is 0. The van der Waals surface area contributed by atoms with Gasteiger partial charge in [-0.15, -0.1) is 0 Å². The minimum absolute atomic E-state index is 0.643. The largest absolute Gasteiger partial charge is 0.241 e. The number of aryl methyl sites for hydroxylation is 1. The predicted octanol–water partition coefficient (Wildman–Crippen LogP) is 6.55. The van der Waals surface area contributed by atoms with Crippen LogP contribution in [0.2, 0.25) is 0 Å². The topological polar surface area (TPSA) is 25.8 Å². The average molecular weight is 319 g/mol. The van der Waals surface area contributed by atoms with Crippen molar-refractivity contribution in [2.24, 2.45) is 5.92 Å². The summed E-state index contributed by atoms with van der Waals surface area (Å²) in [6, 6.07) is 0. The van der Waals surface area contributed by atoms with Gasteiger partial charge in [-0.05, 0) is 37.2 Å². The van der Waals surface area contributed by atoms with E-state index in [1.807, 2.05) is 26.2 Å². The molecule has 0 N–H and O–H groups in total. The van der Waals surface area contributed by atoms with E-state index >= 15 is 0 Å². The highest BCUT2D eigenvalue weighted by atomic mass is 14.9. The van der Waals surface area contributed by atoms with Crippen LogP contribution in [0.4, 0.5) is 0 Å². The van der Waals surface area contributed by atoms with Gasteiger partial charge in [0.05, 0.1) is 0 Å². The summed E-state index contributed by atoms with van der Waals surface area (Å²) in [5, 5.41) is 0. The predicted molar refractivity (Wildman–Crippen MR) is 103 cm³/mol. The van der Waals surface area contributed by atoms with Crippen LogP contribution in [0.3, 0.4) is 0 Å². The second kappa shape index (κ2) is 14.4. The molecule has 1 atom stereocenters. The van der Waals surface area contributed by atoms with Gasteiger partial charge >= 0.3 is 0 Å². The lowest BCUT2D eigenvalue weighted by atomic mass is 9.92. The molecule has 1 unspecified atom stereocenters. The van der Waals surface area contributed by atoms with Crippen molar-refractivity contribution in [3.05, 3.63) is 35.4 Å². The van der Waals surface area contributed by atoms with Crippen molar-refractivity contribution in [3.8, 4) is 0 Å². The van der Waals surface area contributed by atoms with Crippen LogP contribution in [0, 0.1) is 5.92 Å². The van der Waals surface area contributed by atoms with E-state index in [1.54, 1.807) is 0 Å². The number of unbranched alkanes of at least 4 members (excludes halogenated alkanes) is 2. The molecule has 0 aromatic carbocycles. The molecule has 0 radical (unpaired) electrons. The van der Waals surface area contributed by atoms with E-state index in [2.05, 4.69) is 43.7 Å². The smallest absolute Gasteiger partial charge is 0.132 e. The molecule has 2 heteroatoms. The standard InChI is InChI=1S/C19H32N2.C2H6/c1-5-8-11-17-14-20-19(21-15-17)13-18(12-9-6-2)16(4)10-7-3;1-2/h12,14-16H,5-11,13H2,1-4H3;1-2H3/b18-12-;. The van der Waals surface area contributed by atoms with Gasteiger partial charge in [-0.1, -0.05) is 72.5 Å². The molecule has 0 fully saturated rings. The minimum Gasteiger partial charge on any atom is -0.241 e. The molecule has 0 aliphatic carbocycles. The molecule has 2 nitrogen and oxygen atoms in total. The summed E-state index contributed by atoms with van der Waals surface area (Å²) in [5.41, 5.74) is 2.78. The lowest BCUT2D eigenvalue weighted by molar-refractivity contribution is 0.581. The van der Waals surface area contributed by atoms with Gasteiger partial charge in [-0.2, -0.15) is 0 Å². The molecule has 0 aliphatic heterocycles. The molecule has 1 aromatic heterocycles. The van der Waals surface area contributed by atoms with Crippen molar-refractivity contribution in [1.29, 1.82) is 0 Å². The molecule has 0 saturated heterocycles. The molecule has 0 spiro atoms. The van der Waals surface area contributed by atoms with Crippen molar-refractivity contribution in [3.63, 3.8) is 0 Å². The first kappa shape index (κ1) is 21.8. The third kappa shape index (κ3) is 9.53. The second-order valence-electron chi connectivity index (χ2n) is 6.05. The fourth-order valence-electron chi connectivity index (χ4n) is 2.56. The highest BCUT2D eigenvalue weighted by Crippen LogP contribution is 2.20. The monoisotopic (exact) mass is 318 g/mol. The Morgan fingerprint density at radius 1 is 1.04 bits per heavy atom. The SMILES string of the molecule is CC.CCC/C=C(/Cc1ncc(CCCC)cn1)C(C)CCC. The third-order valence-electron chi connectivity index (χ3n) is 3.99. The molecular weight excluding hydrogens is 280 g/mol. The minimum atomic E-state index is 0.643. The zero-order valence-corrected chi connectivity index (χ0v) is 16.4. The summed E-state index contributed by atoms with van der Waals surface area (Å²) in [5.74, 6) is 1.62. The third-order valence-corrected chi connectivity index (χ3v) is 3.99. The van der Waals surface area contributed by atoms with Gasteiger partial charge in [-0.25, -0.2) is 9.97 Å². The van der Waals surface area contributed by atoms with E-state index in [4.69, 9.17) is 0 Å². The van der Waals surface area contributed by atoms with Gasteiger partial charge in [0.1, 0.15) is 5.82 Å². The number of allylic oxidation sites excluding steroid dienone is 2. The highest BCUT2D eigenvalue weighted by molar-refractivity contribution is 5.14. The van der Waals surface area contributed by atoms with E-state index < -0.39 is 0 Å². The highest BCUT2D eigenvalue weighted by Gasteiger charge is 2.10. The van der Waals surface area contributed by atoms with Crippen molar-refractivity contribution in [1.82, 2.24) is 9.97 Å². The molecule has 1 rings (SSSR count). The maximum Gasteiger partial charge on any atom is 0.132 e. The van der Waals surface area contributed by atoms with Crippen LogP contribution in [0.25, 0.3) is 0 Å². The summed E-state index contributed by atoms with van der Waals surface area (Å²) >= 11 is 0. The first-order valence-electron chi connectivity index (χ1n) is 9.69. The Morgan fingerprint density at radius 3 is 2.22 bits per heavy atom. The average Bonchev–Trinajstić information content (AvgIpc) is 2.59. The Morgan fingerprint density at radius 2 is 1.70 bits per heavy atom. The molecule has 0 amide bonds. The van der Waals surface area contributed by atoms with E-state index in [0.717, 1.165) is 25.1 Å². The Hall–Kier alpha value is -1.18. The number of hydrogen-bond donors (Lipinski definition) is 0. The van der Waals surface area contributed by atoms with Crippen molar-refractivity contribution in [2.45, 2.75) is 92.9 Å². The summed E-state index contributed by atoms with van der Waals surface area (Å²) in [4.78, 5) is 9.14. The maximum atomic E-state index is 4.57. The van der Waals surface area contributed by atoms with Crippen molar-refractivity contribution >= 4 is 0 Å². The summed E-state index contributed by atoms with van der Waals surface area (Å²) < 4.78 is 0. The van der Waals surface area contributed by atoms with Crippen molar-refractivity contribution < 1.29 is 0 Å². The van der Waals surface area contributed by atoms with Crippen LogP contribution >= 0.6 is 0 Å². The first-order chi connectivity index (χ1) is 11.2. The molecule has 23 heavy (non-hydrogen) atoms. The van der Waals surface area contributed by atoms with Crippen LogP contribution in [0.5, 0.6) is 0 Å². The quantitative estimate of drug-likeness (QED) is 0.457. The molecule has 0 aliphatic rings. The Bertz CT molecular complexity index is 406. The molecule has 1 heterocycles. The van der Waals surface area contributed by atoms with E-state index in [0.29, 0.717) is 5.92 Å². The lowest BCUT2D eigenvalue weighted by Gasteiger charge is -2.15. The fourth-order valence-corrected chi connectivity index (χ4v) is 2.56. The van der Waals surface area contributed by atoms with Crippen LogP contribution in [-0.4, -0.2) is 9.97 Å². The van der Waals surface area contributed by atoms with E-state index in [1.165, 1.54) is 43.2 Å². The summed E-state index contributed by atoms with van der Waals surface area (Å²) in [6.07, 6.45) is 15.8. The zero-order chi connectivity index (χ0) is 17.5. The molecule has 0 bridgehead atoms. The number of hydrogen-bond acceptors (Lipinski definition) is 2. The van der Waals surface area contributed by atoms with Crippen LogP contribution in [0.15, 0.2) is 24.0 Å². The summed E-state index contributed by atoms with van der Waals surface area (Å²) in [6.45, 7) is 13.0. The lowest BCUT2D eigenvalue weighted by Crippen LogP contribution is -2.06. The molecular formula is C21H38N2. The molecule has 132 valence electrons. The van der Waals surface area contributed by atoms with Crippen LogP contribution in [0.1, 0.15) is 91.5 Å². The molecule has 0 saturated carbocycles. The number of aromatic nitrogens is 2. The van der Waals surface area contributed by atoms with Gasteiger partial charge in [0.15, 0.2) is 0 Å². The van der Waals surface area contributed by atoms with Crippen molar-refractivity contribution in [2.75, 3.05) is 0 Å². The maximum absolute atomic E-state index is 4.57. The van der Waals surface area contributed by atoms with E-state index in [-0.39, 0.29) is 0 Å². The molecule has 1 aromatic rings. The van der Waals surface area contributed by atoms with E-state index in [9.17, 15) is 0 Å². The van der Waals surface area contributed by atoms with Crippen LogP contribution < -0.4 is 0 Å². The normalized spacial score (nSPS) is 12.5. The van der Waals surface area contributed by atoms with Crippen LogP contribution in [-0.2, 0) is 12.8 Å². The Kier molecular flexibility index (Phi) is 13.7. The van der Waals surface area contributed by atoms with Gasteiger partial charge in [0.25, 0.3) is 0 Å². The Labute approximate surface area is 144 Å². The fraction of sp³-hybridized carbons (Fsp3) is 0.714. The number of nitrogens with zero attached hydrogens (tertiary/aromatic N) is 2. The number of rotatable bonds is 10. The first-order valence-corrected chi connectivity index (χ1v) is 9.69. The van der Waals surface area contributed by atoms with Gasteiger partial charge < -0.3 is 0 Å². The van der Waals surface area contributed by atoms with Gasteiger partial charge in [0.2, 0.25) is 0 Å². The Balaban J connectivity index is 0.00000232. The van der Waals surface area contributed by atoms with Gasteiger partial charge in [-0.3, -0.25) is 0 Å². The second-order valence-corrected chi connectivity index (χ2v) is 6.05.